The summed E-state index contributed by atoms with van der Waals surface area (Å²) in [5.74, 6) is -3.36. The quantitative estimate of drug-likeness (QED) is 0.400. The van der Waals surface area contributed by atoms with Crippen molar-refractivity contribution in [1.29, 1.82) is 0 Å². The smallest absolute Gasteiger partial charge is 0.434 e. The Morgan fingerprint density at radius 2 is 1.84 bits per heavy atom. The van der Waals surface area contributed by atoms with Gasteiger partial charge in [0.1, 0.15) is 22.8 Å². The van der Waals surface area contributed by atoms with E-state index in [1.807, 2.05) is 0 Å². The standard InChI is InChI=1S/C20H13F4N3O4/c21-11-2-1-3-12(8-11)26-18(20(22,23)24)14(9-25)17-15(19(29)30)16(27-31-17)10-4-6-13(28)7-5-10/h1-9,28H,25H2,(H,29,30). The predicted octanol–water partition coefficient (Wildman–Crippen LogP) is 4.52. The van der Waals surface area contributed by atoms with Gasteiger partial charge < -0.3 is 20.5 Å². The monoisotopic (exact) mass is 435 g/mol. The summed E-state index contributed by atoms with van der Waals surface area (Å²) in [6, 6.07) is 9.16. The van der Waals surface area contributed by atoms with Gasteiger partial charge in [-0.15, -0.1) is 0 Å². The van der Waals surface area contributed by atoms with Crippen LogP contribution in [0.1, 0.15) is 16.1 Å². The van der Waals surface area contributed by atoms with Crippen molar-refractivity contribution in [2.45, 2.75) is 6.18 Å². The Hall–Kier alpha value is -4.15. The van der Waals surface area contributed by atoms with Crippen molar-refractivity contribution in [3.63, 3.8) is 0 Å². The van der Waals surface area contributed by atoms with E-state index in [9.17, 15) is 32.6 Å². The van der Waals surface area contributed by atoms with Gasteiger partial charge in [0.2, 0.25) is 0 Å². The predicted molar refractivity (Wildman–Crippen MR) is 102 cm³/mol. The topological polar surface area (TPSA) is 122 Å². The summed E-state index contributed by atoms with van der Waals surface area (Å²) in [4.78, 5) is 15.3. The van der Waals surface area contributed by atoms with E-state index in [1.54, 1.807) is 0 Å². The zero-order valence-corrected chi connectivity index (χ0v) is 15.4. The summed E-state index contributed by atoms with van der Waals surface area (Å²) >= 11 is 0. The number of aliphatic imine (C=N–C) groups is 1. The van der Waals surface area contributed by atoms with Crippen LogP contribution in [0.3, 0.4) is 0 Å². The highest BCUT2D eigenvalue weighted by Crippen LogP contribution is 2.35. The third kappa shape index (κ3) is 4.55. The molecule has 31 heavy (non-hydrogen) atoms. The van der Waals surface area contributed by atoms with Crippen LogP contribution in [0.4, 0.5) is 23.2 Å². The number of aromatic hydroxyl groups is 1. The average molecular weight is 435 g/mol. The minimum absolute atomic E-state index is 0.117. The van der Waals surface area contributed by atoms with Crippen LogP contribution < -0.4 is 5.73 Å². The molecule has 0 spiro atoms. The van der Waals surface area contributed by atoms with Crippen molar-refractivity contribution in [2.75, 3.05) is 0 Å². The Labute approximate surface area is 171 Å². The van der Waals surface area contributed by atoms with Crippen LogP contribution in [-0.4, -0.2) is 33.2 Å². The number of alkyl halides is 3. The number of phenolic OH excluding ortho intramolecular Hbond substituents is 1. The van der Waals surface area contributed by atoms with Gasteiger partial charge in [0, 0.05) is 11.8 Å². The molecule has 3 aromatic rings. The van der Waals surface area contributed by atoms with E-state index in [2.05, 4.69) is 10.1 Å². The minimum Gasteiger partial charge on any atom is -0.508 e. The van der Waals surface area contributed by atoms with Gasteiger partial charge in [-0.1, -0.05) is 11.2 Å². The maximum Gasteiger partial charge on any atom is 0.434 e. The van der Waals surface area contributed by atoms with E-state index in [0.717, 1.165) is 24.3 Å². The van der Waals surface area contributed by atoms with Gasteiger partial charge in [0.05, 0.1) is 11.3 Å². The number of halogens is 4. The van der Waals surface area contributed by atoms with Crippen molar-refractivity contribution in [3.8, 4) is 17.0 Å². The molecule has 0 bridgehead atoms. The second kappa shape index (κ2) is 8.30. The van der Waals surface area contributed by atoms with Crippen LogP contribution >= 0.6 is 0 Å². The maximum absolute atomic E-state index is 13.8. The van der Waals surface area contributed by atoms with Crippen LogP contribution in [-0.2, 0) is 0 Å². The second-order valence-electron chi connectivity index (χ2n) is 6.11. The molecule has 160 valence electrons. The first-order valence-corrected chi connectivity index (χ1v) is 8.48. The van der Waals surface area contributed by atoms with Crippen molar-refractivity contribution in [1.82, 2.24) is 5.16 Å². The summed E-state index contributed by atoms with van der Waals surface area (Å²) in [6.07, 6.45) is -4.61. The molecule has 3 rings (SSSR count). The lowest BCUT2D eigenvalue weighted by molar-refractivity contribution is -0.0572. The number of aromatic nitrogens is 1. The largest absolute Gasteiger partial charge is 0.508 e. The lowest BCUT2D eigenvalue weighted by Crippen LogP contribution is -2.25. The number of benzene rings is 2. The van der Waals surface area contributed by atoms with Crippen molar-refractivity contribution in [3.05, 3.63) is 71.9 Å². The van der Waals surface area contributed by atoms with Crippen LogP contribution in [0.15, 0.2) is 64.2 Å². The van der Waals surface area contributed by atoms with Gasteiger partial charge in [-0.2, -0.15) is 13.2 Å². The molecule has 2 aromatic carbocycles. The number of carboxylic acids is 1. The molecule has 0 amide bonds. The highest BCUT2D eigenvalue weighted by atomic mass is 19.4. The van der Waals surface area contributed by atoms with Gasteiger partial charge >= 0.3 is 12.1 Å². The van der Waals surface area contributed by atoms with Gasteiger partial charge in [-0.25, -0.2) is 14.2 Å². The zero-order valence-electron chi connectivity index (χ0n) is 15.4. The van der Waals surface area contributed by atoms with Crippen LogP contribution in [0, 0.1) is 5.82 Å². The minimum atomic E-state index is -5.10. The molecular formula is C20H13F4N3O4. The van der Waals surface area contributed by atoms with Crippen LogP contribution in [0.5, 0.6) is 5.75 Å². The van der Waals surface area contributed by atoms with E-state index in [-0.39, 0.29) is 22.7 Å². The van der Waals surface area contributed by atoms with E-state index < -0.39 is 40.6 Å². The average Bonchev–Trinajstić information content (AvgIpc) is 3.13. The Balaban J connectivity index is 2.20. The Kier molecular flexibility index (Phi) is 5.77. The molecule has 0 radical (unpaired) electrons. The summed E-state index contributed by atoms with van der Waals surface area (Å²) in [6.45, 7) is 0. The van der Waals surface area contributed by atoms with E-state index >= 15 is 0 Å². The molecule has 0 fully saturated rings. The normalized spacial score (nSPS) is 12.8. The summed E-state index contributed by atoms with van der Waals surface area (Å²) in [5.41, 5.74) is 1.71. The lowest BCUT2D eigenvalue weighted by Gasteiger charge is -2.13. The number of hydrogen-bond donors (Lipinski definition) is 3. The van der Waals surface area contributed by atoms with Gasteiger partial charge in [-0.05, 0) is 42.5 Å². The maximum atomic E-state index is 13.8. The Bertz CT molecular complexity index is 1180. The molecule has 1 aromatic heterocycles. The zero-order chi connectivity index (χ0) is 22.8. The molecule has 0 unspecified atom stereocenters. The summed E-state index contributed by atoms with van der Waals surface area (Å²) < 4.78 is 59.7. The summed E-state index contributed by atoms with van der Waals surface area (Å²) in [5, 5.41) is 22.6. The molecule has 0 saturated carbocycles. The first-order chi connectivity index (χ1) is 14.6. The fraction of sp³-hybridized carbons (Fsp3) is 0.0500. The first kappa shape index (κ1) is 21.6. The lowest BCUT2D eigenvalue weighted by atomic mass is 10.00. The molecule has 7 nitrogen and oxygen atoms in total. The molecule has 0 saturated heterocycles. The molecule has 0 aliphatic rings. The number of hydrogen-bond acceptors (Lipinski definition) is 6. The SMILES string of the molecule is NC=C(C(=Nc1cccc(F)c1)C(F)(F)F)c1onc(-c2ccc(O)cc2)c1C(=O)O. The molecular weight excluding hydrogens is 422 g/mol. The van der Waals surface area contributed by atoms with E-state index in [0.29, 0.717) is 6.20 Å². The highest BCUT2D eigenvalue weighted by molar-refractivity contribution is 6.28. The Morgan fingerprint density at radius 3 is 2.39 bits per heavy atom. The molecule has 0 atom stereocenters. The van der Waals surface area contributed by atoms with Crippen LogP contribution in [0.2, 0.25) is 0 Å². The van der Waals surface area contributed by atoms with Crippen LogP contribution in [0.25, 0.3) is 16.8 Å². The highest BCUT2D eigenvalue weighted by Gasteiger charge is 2.42. The molecule has 4 N–H and O–H groups in total. The number of nitrogens with zero attached hydrogens (tertiary/aromatic N) is 2. The summed E-state index contributed by atoms with van der Waals surface area (Å²) in [7, 11) is 0. The first-order valence-electron chi connectivity index (χ1n) is 8.48. The molecule has 1 heterocycles. The fourth-order valence-corrected chi connectivity index (χ4v) is 2.70. The number of allylic oxidation sites excluding steroid dienone is 1. The van der Waals surface area contributed by atoms with E-state index in [4.69, 9.17) is 10.3 Å². The number of carboxylic acid groups (broad SMARTS) is 1. The second-order valence-corrected chi connectivity index (χ2v) is 6.11. The number of aromatic carboxylic acids is 1. The molecule has 0 aliphatic heterocycles. The number of nitrogens with two attached hydrogens (primary N) is 1. The Morgan fingerprint density at radius 1 is 1.16 bits per heavy atom. The molecule has 0 aliphatic carbocycles. The third-order valence-corrected chi connectivity index (χ3v) is 4.03. The van der Waals surface area contributed by atoms with E-state index in [1.165, 1.54) is 24.3 Å². The third-order valence-electron chi connectivity index (χ3n) is 4.03. The van der Waals surface area contributed by atoms with Gasteiger partial charge in [-0.3, -0.25) is 0 Å². The van der Waals surface area contributed by atoms with Gasteiger partial charge in [0.15, 0.2) is 11.5 Å². The van der Waals surface area contributed by atoms with Crippen molar-refractivity contribution in [2.24, 2.45) is 10.7 Å². The number of rotatable bonds is 5. The van der Waals surface area contributed by atoms with Crippen molar-refractivity contribution >= 4 is 22.9 Å². The van der Waals surface area contributed by atoms with Gasteiger partial charge in [0.25, 0.3) is 0 Å². The van der Waals surface area contributed by atoms with Crippen molar-refractivity contribution < 1.29 is 37.1 Å². The molecule has 11 heteroatoms. The number of phenols is 1. The fourth-order valence-electron chi connectivity index (χ4n) is 2.70. The number of carbonyl (C=O) groups is 1.